The van der Waals surface area contributed by atoms with Crippen molar-refractivity contribution in [2.45, 2.75) is 78.3 Å². The SMILES string of the molecule is Cc1nc(C(C)(C)C)sc1C(C)NC(C)CC1CC1. The van der Waals surface area contributed by atoms with E-state index in [9.17, 15) is 0 Å². The number of nitrogens with zero attached hydrogens (tertiary/aromatic N) is 1. The number of hydrogen-bond donors (Lipinski definition) is 1. The summed E-state index contributed by atoms with van der Waals surface area (Å²) in [4.78, 5) is 6.17. The molecule has 0 spiro atoms. The van der Waals surface area contributed by atoms with Crippen LogP contribution in [0.4, 0.5) is 0 Å². The fourth-order valence-corrected chi connectivity index (χ4v) is 3.69. The molecule has 0 aliphatic heterocycles. The second kappa shape index (κ2) is 5.53. The summed E-state index contributed by atoms with van der Waals surface area (Å²) in [5.41, 5.74) is 1.36. The second-order valence-electron chi connectivity index (χ2n) is 7.19. The van der Waals surface area contributed by atoms with Crippen molar-refractivity contribution in [3.63, 3.8) is 0 Å². The molecule has 1 aromatic rings. The average molecular weight is 280 g/mol. The van der Waals surface area contributed by atoms with Crippen LogP contribution in [0.25, 0.3) is 0 Å². The maximum atomic E-state index is 4.76. The molecule has 0 aromatic carbocycles. The van der Waals surface area contributed by atoms with Crippen molar-refractivity contribution in [2.75, 3.05) is 0 Å². The number of aryl methyl sites for hydroxylation is 1. The Morgan fingerprint density at radius 1 is 1.32 bits per heavy atom. The fourth-order valence-electron chi connectivity index (χ4n) is 2.55. The lowest BCUT2D eigenvalue weighted by molar-refractivity contribution is 0.441. The Morgan fingerprint density at radius 3 is 2.42 bits per heavy atom. The molecule has 1 aliphatic rings. The molecular formula is C16H28N2S. The minimum atomic E-state index is 0.160. The molecule has 3 heteroatoms. The second-order valence-corrected chi connectivity index (χ2v) is 8.22. The van der Waals surface area contributed by atoms with E-state index in [1.54, 1.807) is 0 Å². The molecule has 108 valence electrons. The van der Waals surface area contributed by atoms with E-state index in [2.05, 4.69) is 46.9 Å². The molecule has 2 nitrogen and oxygen atoms in total. The van der Waals surface area contributed by atoms with Gasteiger partial charge in [0.15, 0.2) is 0 Å². The molecule has 1 aliphatic carbocycles. The van der Waals surface area contributed by atoms with Crippen LogP contribution in [0.15, 0.2) is 0 Å². The lowest BCUT2D eigenvalue weighted by Gasteiger charge is -2.19. The van der Waals surface area contributed by atoms with Crippen LogP contribution in [0.2, 0.25) is 0 Å². The van der Waals surface area contributed by atoms with Gasteiger partial charge in [-0.05, 0) is 33.1 Å². The molecular weight excluding hydrogens is 252 g/mol. The van der Waals surface area contributed by atoms with Gasteiger partial charge in [0.2, 0.25) is 0 Å². The summed E-state index contributed by atoms with van der Waals surface area (Å²) in [7, 11) is 0. The summed E-state index contributed by atoms with van der Waals surface area (Å²) in [6, 6.07) is 1.03. The smallest absolute Gasteiger partial charge is 0.0985 e. The third kappa shape index (κ3) is 4.03. The van der Waals surface area contributed by atoms with E-state index in [1.807, 2.05) is 11.3 Å². The quantitative estimate of drug-likeness (QED) is 0.853. The van der Waals surface area contributed by atoms with Gasteiger partial charge in [0.1, 0.15) is 0 Å². The number of aromatic nitrogens is 1. The van der Waals surface area contributed by atoms with Gasteiger partial charge in [0.05, 0.1) is 10.7 Å². The molecule has 2 rings (SSSR count). The highest BCUT2D eigenvalue weighted by atomic mass is 32.1. The van der Waals surface area contributed by atoms with Gasteiger partial charge in [-0.15, -0.1) is 11.3 Å². The lowest BCUT2D eigenvalue weighted by Crippen LogP contribution is -2.29. The molecule has 0 amide bonds. The van der Waals surface area contributed by atoms with Gasteiger partial charge in [-0.3, -0.25) is 0 Å². The highest BCUT2D eigenvalue weighted by Gasteiger charge is 2.26. The number of rotatable bonds is 5. The van der Waals surface area contributed by atoms with E-state index < -0.39 is 0 Å². The third-order valence-electron chi connectivity index (χ3n) is 3.79. The van der Waals surface area contributed by atoms with Crippen LogP contribution in [0, 0.1) is 12.8 Å². The monoisotopic (exact) mass is 280 g/mol. The normalized spacial score (nSPS) is 19.5. The number of nitrogens with one attached hydrogen (secondary N) is 1. The zero-order chi connectivity index (χ0) is 14.2. The first-order chi connectivity index (χ1) is 8.77. The summed E-state index contributed by atoms with van der Waals surface area (Å²) in [5.74, 6) is 0.988. The summed E-state index contributed by atoms with van der Waals surface area (Å²) < 4.78 is 0. The topological polar surface area (TPSA) is 24.9 Å². The Hall–Kier alpha value is -0.410. The molecule has 19 heavy (non-hydrogen) atoms. The van der Waals surface area contributed by atoms with E-state index >= 15 is 0 Å². The first kappa shape index (κ1) is 15.0. The van der Waals surface area contributed by atoms with Crippen molar-refractivity contribution in [1.82, 2.24) is 10.3 Å². The van der Waals surface area contributed by atoms with E-state index in [1.165, 1.54) is 34.8 Å². The molecule has 1 aromatic heterocycles. The van der Waals surface area contributed by atoms with Gasteiger partial charge < -0.3 is 5.32 Å². The summed E-state index contributed by atoms with van der Waals surface area (Å²) in [5, 5.41) is 5.00. The number of hydrogen-bond acceptors (Lipinski definition) is 3. The molecule has 1 saturated carbocycles. The largest absolute Gasteiger partial charge is 0.307 e. The van der Waals surface area contributed by atoms with Crippen LogP contribution < -0.4 is 5.32 Å². The van der Waals surface area contributed by atoms with Crippen molar-refractivity contribution in [3.8, 4) is 0 Å². The van der Waals surface area contributed by atoms with Crippen LogP contribution in [0.5, 0.6) is 0 Å². The van der Waals surface area contributed by atoms with Crippen LogP contribution in [0.3, 0.4) is 0 Å². The Balaban J connectivity index is 2.01. The van der Waals surface area contributed by atoms with E-state index in [4.69, 9.17) is 4.98 Å². The van der Waals surface area contributed by atoms with Crippen molar-refractivity contribution >= 4 is 11.3 Å². The highest BCUT2D eigenvalue weighted by Crippen LogP contribution is 2.35. The van der Waals surface area contributed by atoms with Crippen LogP contribution >= 0.6 is 11.3 Å². The Morgan fingerprint density at radius 2 is 1.95 bits per heavy atom. The fraction of sp³-hybridized carbons (Fsp3) is 0.812. The minimum absolute atomic E-state index is 0.160. The molecule has 0 saturated heterocycles. The molecule has 0 radical (unpaired) electrons. The van der Waals surface area contributed by atoms with E-state index in [0.29, 0.717) is 12.1 Å². The van der Waals surface area contributed by atoms with Crippen molar-refractivity contribution in [2.24, 2.45) is 5.92 Å². The van der Waals surface area contributed by atoms with Gasteiger partial charge in [-0.2, -0.15) is 0 Å². The van der Waals surface area contributed by atoms with Crippen LogP contribution in [-0.2, 0) is 5.41 Å². The molecule has 2 atom stereocenters. The lowest BCUT2D eigenvalue weighted by atomic mass is 9.98. The third-order valence-corrected chi connectivity index (χ3v) is 5.55. The molecule has 1 N–H and O–H groups in total. The van der Waals surface area contributed by atoms with Gasteiger partial charge in [0.25, 0.3) is 0 Å². The zero-order valence-electron chi connectivity index (χ0n) is 13.2. The van der Waals surface area contributed by atoms with Gasteiger partial charge in [-0.25, -0.2) is 4.98 Å². The standard InChI is InChI=1S/C16H28N2S/c1-10(9-13-7-8-13)17-11(2)14-12(3)18-15(19-14)16(4,5)6/h10-11,13,17H,7-9H2,1-6H3. The highest BCUT2D eigenvalue weighted by molar-refractivity contribution is 7.12. The summed E-state index contributed by atoms with van der Waals surface area (Å²) in [6.07, 6.45) is 4.20. The first-order valence-electron chi connectivity index (χ1n) is 7.51. The van der Waals surface area contributed by atoms with Gasteiger partial charge in [-0.1, -0.05) is 33.6 Å². The first-order valence-corrected chi connectivity index (χ1v) is 8.33. The summed E-state index contributed by atoms with van der Waals surface area (Å²) in [6.45, 7) is 13.5. The number of thiazole rings is 1. The zero-order valence-corrected chi connectivity index (χ0v) is 14.0. The van der Waals surface area contributed by atoms with Crippen molar-refractivity contribution in [3.05, 3.63) is 15.6 Å². The molecule has 1 heterocycles. The summed E-state index contributed by atoms with van der Waals surface area (Å²) >= 11 is 1.88. The Labute approximate surface area is 122 Å². The predicted molar refractivity (Wildman–Crippen MR) is 83.9 cm³/mol. The molecule has 2 unspecified atom stereocenters. The minimum Gasteiger partial charge on any atom is -0.307 e. The van der Waals surface area contributed by atoms with Crippen LogP contribution in [0.1, 0.15) is 75.5 Å². The maximum Gasteiger partial charge on any atom is 0.0985 e. The van der Waals surface area contributed by atoms with Gasteiger partial charge >= 0.3 is 0 Å². The predicted octanol–water partition coefficient (Wildman–Crippen LogP) is 4.59. The Kier molecular flexibility index (Phi) is 4.36. The maximum absolute atomic E-state index is 4.76. The van der Waals surface area contributed by atoms with Gasteiger partial charge in [0, 0.05) is 22.4 Å². The van der Waals surface area contributed by atoms with E-state index in [-0.39, 0.29) is 5.41 Å². The van der Waals surface area contributed by atoms with E-state index in [0.717, 1.165) is 5.92 Å². The molecule has 1 fully saturated rings. The van der Waals surface area contributed by atoms with Crippen molar-refractivity contribution in [1.29, 1.82) is 0 Å². The molecule has 0 bridgehead atoms. The average Bonchev–Trinajstić information content (AvgIpc) is 2.96. The van der Waals surface area contributed by atoms with Crippen molar-refractivity contribution < 1.29 is 0 Å². The Bertz CT molecular complexity index is 426. The van der Waals surface area contributed by atoms with Crippen LogP contribution in [-0.4, -0.2) is 11.0 Å².